The summed E-state index contributed by atoms with van der Waals surface area (Å²) in [6, 6.07) is 5.80. The molecule has 6 nitrogen and oxygen atoms in total. The quantitative estimate of drug-likeness (QED) is 0.773. The number of hydrogen-bond acceptors (Lipinski definition) is 3. The number of H-pyrrole nitrogens is 1. The van der Waals surface area contributed by atoms with Crippen molar-refractivity contribution >= 4 is 17.5 Å². The summed E-state index contributed by atoms with van der Waals surface area (Å²) in [5, 5.41) is 2.27. The van der Waals surface area contributed by atoms with E-state index in [1.807, 2.05) is 0 Å². The van der Waals surface area contributed by atoms with Crippen molar-refractivity contribution in [1.82, 2.24) is 4.98 Å². The van der Waals surface area contributed by atoms with Gasteiger partial charge in [0.15, 0.2) is 0 Å². The molecule has 0 radical (unpaired) electrons. The van der Waals surface area contributed by atoms with Crippen LogP contribution in [0.3, 0.4) is 0 Å². The largest absolute Gasteiger partial charge is 0.366 e. The number of aromatic nitrogens is 1. The molecule has 0 saturated heterocycles. The van der Waals surface area contributed by atoms with Crippen molar-refractivity contribution in [2.45, 2.75) is 0 Å². The summed E-state index contributed by atoms with van der Waals surface area (Å²) < 4.78 is 13.6. The van der Waals surface area contributed by atoms with Crippen LogP contribution >= 0.6 is 0 Å². The molecule has 1 aromatic carbocycles. The summed E-state index contributed by atoms with van der Waals surface area (Å²) in [7, 11) is 0. The third kappa shape index (κ3) is 2.89. The first-order valence-electron chi connectivity index (χ1n) is 5.57. The van der Waals surface area contributed by atoms with E-state index in [-0.39, 0.29) is 16.8 Å². The number of anilines is 1. The van der Waals surface area contributed by atoms with Crippen LogP contribution in [0.4, 0.5) is 10.1 Å². The summed E-state index contributed by atoms with van der Waals surface area (Å²) in [4.78, 5) is 36.3. The zero-order chi connectivity index (χ0) is 14.7. The van der Waals surface area contributed by atoms with Gasteiger partial charge in [-0.15, -0.1) is 0 Å². The third-order valence-corrected chi connectivity index (χ3v) is 2.54. The molecule has 0 fully saturated rings. The number of carbonyl (C=O) groups is 2. The van der Waals surface area contributed by atoms with E-state index in [2.05, 4.69) is 10.3 Å². The molecule has 7 heteroatoms. The van der Waals surface area contributed by atoms with E-state index in [0.29, 0.717) is 0 Å². The minimum Gasteiger partial charge on any atom is -0.366 e. The van der Waals surface area contributed by atoms with Crippen molar-refractivity contribution < 1.29 is 14.0 Å². The summed E-state index contributed by atoms with van der Waals surface area (Å²) in [6.45, 7) is 0. The van der Waals surface area contributed by atoms with Crippen LogP contribution in [0.1, 0.15) is 20.7 Å². The fourth-order valence-corrected chi connectivity index (χ4v) is 1.55. The lowest BCUT2D eigenvalue weighted by Crippen LogP contribution is -2.17. The number of halogens is 1. The van der Waals surface area contributed by atoms with Gasteiger partial charge >= 0.3 is 0 Å². The molecule has 0 aliphatic rings. The van der Waals surface area contributed by atoms with Gasteiger partial charge in [0.2, 0.25) is 11.5 Å². The molecule has 0 bridgehead atoms. The minimum absolute atomic E-state index is 0.0626. The van der Waals surface area contributed by atoms with Crippen LogP contribution in [0.15, 0.2) is 41.3 Å². The number of pyridine rings is 1. The van der Waals surface area contributed by atoms with E-state index in [1.54, 1.807) is 0 Å². The van der Waals surface area contributed by atoms with Crippen LogP contribution in [0.5, 0.6) is 0 Å². The highest BCUT2D eigenvalue weighted by Crippen LogP contribution is 2.16. The number of carbonyl (C=O) groups excluding carboxylic acids is 2. The molecule has 20 heavy (non-hydrogen) atoms. The van der Waals surface area contributed by atoms with E-state index in [0.717, 1.165) is 18.2 Å². The number of hydrogen-bond donors (Lipinski definition) is 3. The predicted octanol–water partition coefficient (Wildman–Crippen LogP) is 0.865. The Hall–Kier alpha value is -2.96. The van der Waals surface area contributed by atoms with E-state index in [9.17, 15) is 18.8 Å². The second kappa shape index (κ2) is 5.35. The van der Waals surface area contributed by atoms with E-state index in [1.165, 1.54) is 18.3 Å². The number of rotatable bonds is 3. The van der Waals surface area contributed by atoms with Crippen molar-refractivity contribution in [2.75, 3.05) is 5.32 Å². The Morgan fingerprint density at radius 1 is 1.15 bits per heavy atom. The van der Waals surface area contributed by atoms with Gasteiger partial charge in [0, 0.05) is 23.4 Å². The Kier molecular flexibility index (Phi) is 3.60. The average Bonchev–Trinajstić information content (AvgIpc) is 2.41. The number of primary amides is 1. The number of nitrogens with two attached hydrogens (primary N) is 1. The van der Waals surface area contributed by atoms with Gasteiger partial charge in [-0.25, -0.2) is 4.39 Å². The van der Waals surface area contributed by atoms with Crippen molar-refractivity contribution in [3.63, 3.8) is 0 Å². The molecule has 0 aliphatic carbocycles. The Morgan fingerprint density at radius 2 is 1.90 bits per heavy atom. The average molecular weight is 275 g/mol. The zero-order valence-electron chi connectivity index (χ0n) is 10.1. The fourth-order valence-electron chi connectivity index (χ4n) is 1.55. The predicted molar refractivity (Wildman–Crippen MR) is 69.9 cm³/mol. The van der Waals surface area contributed by atoms with Gasteiger partial charge < -0.3 is 16.0 Å². The highest BCUT2D eigenvalue weighted by molar-refractivity contribution is 6.05. The van der Waals surface area contributed by atoms with Crippen LogP contribution < -0.4 is 16.6 Å². The SMILES string of the molecule is NC(=O)c1ccc(F)c(NC(=O)c2cc[nH]c(=O)c2)c1. The van der Waals surface area contributed by atoms with Gasteiger partial charge in [-0.05, 0) is 24.3 Å². The Labute approximate surface area is 112 Å². The molecule has 2 aromatic rings. The fraction of sp³-hybridized carbons (Fsp3) is 0. The van der Waals surface area contributed by atoms with Crippen LogP contribution in [0.25, 0.3) is 0 Å². The van der Waals surface area contributed by atoms with Gasteiger partial charge in [0.1, 0.15) is 5.82 Å². The molecular formula is C13H10FN3O3. The first-order chi connectivity index (χ1) is 9.47. The first kappa shape index (κ1) is 13.5. The molecule has 2 rings (SSSR count). The molecule has 0 unspecified atom stereocenters. The molecule has 1 aromatic heterocycles. The van der Waals surface area contributed by atoms with E-state index in [4.69, 9.17) is 5.73 Å². The molecule has 1 heterocycles. The van der Waals surface area contributed by atoms with Gasteiger partial charge in [-0.3, -0.25) is 14.4 Å². The highest BCUT2D eigenvalue weighted by Gasteiger charge is 2.12. The Morgan fingerprint density at radius 3 is 2.55 bits per heavy atom. The lowest BCUT2D eigenvalue weighted by atomic mass is 10.1. The third-order valence-electron chi connectivity index (χ3n) is 2.54. The Bertz CT molecular complexity index is 740. The first-order valence-corrected chi connectivity index (χ1v) is 5.57. The normalized spacial score (nSPS) is 10.1. The molecule has 2 amide bonds. The maximum Gasteiger partial charge on any atom is 0.255 e. The summed E-state index contributed by atoms with van der Waals surface area (Å²) in [5.74, 6) is -2.12. The lowest BCUT2D eigenvalue weighted by Gasteiger charge is -2.07. The van der Waals surface area contributed by atoms with Crippen molar-refractivity contribution in [3.05, 3.63) is 63.8 Å². The highest BCUT2D eigenvalue weighted by atomic mass is 19.1. The molecule has 0 aliphatic heterocycles. The van der Waals surface area contributed by atoms with Crippen LogP contribution in [-0.4, -0.2) is 16.8 Å². The number of amides is 2. The smallest absolute Gasteiger partial charge is 0.255 e. The van der Waals surface area contributed by atoms with Crippen molar-refractivity contribution in [1.29, 1.82) is 0 Å². The van der Waals surface area contributed by atoms with Crippen molar-refractivity contribution in [3.8, 4) is 0 Å². The monoisotopic (exact) mass is 275 g/mol. The van der Waals surface area contributed by atoms with E-state index >= 15 is 0 Å². The van der Waals surface area contributed by atoms with E-state index < -0.39 is 23.2 Å². The molecule has 0 atom stereocenters. The Balaban J connectivity index is 2.30. The minimum atomic E-state index is -0.739. The maximum absolute atomic E-state index is 13.6. The zero-order valence-corrected chi connectivity index (χ0v) is 10.1. The summed E-state index contributed by atoms with van der Waals surface area (Å²) >= 11 is 0. The molecule has 0 spiro atoms. The van der Waals surface area contributed by atoms with Crippen LogP contribution in [0.2, 0.25) is 0 Å². The van der Waals surface area contributed by atoms with Gasteiger partial charge in [0.05, 0.1) is 5.69 Å². The second-order valence-electron chi connectivity index (χ2n) is 3.95. The maximum atomic E-state index is 13.6. The standard InChI is InChI=1S/C13H10FN3O3/c14-9-2-1-7(12(15)19)5-10(9)17-13(20)8-3-4-16-11(18)6-8/h1-6H,(H2,15,19)(H,16,18)(H,17,20). The van der Waals surface area contributed by atoms with Gasteiger partial charge in [-0.1, -0.05) is 0 Å². The van der Waals surface area contributed by atoms with Gasteiger partial charge in [-0.2, -0.15) is 0 Å². The number of nitrogens with one attached hydrogen (secondary N) is 2. The van der Waals surface area contributed by atoms with Gasteiger partial charge in [0.25, 0.3) is 5.91 Å². The molecular weight excluding hydrogens is 265 g/mol. The summed E-state index contributed by atoms with van der Waals surface area (Å²) in [5.41, 5.74) is 4.56. The topological polar surface area (TPSA) is 105 Å². The molecule has 0 saturated carbocycles. The van der Waals surface area contributed by atoms with Crippen LogP contribution in [-0.2, 0) is 0 Å². The molecule has 4 N–H and O–H groups in total. The van der Waals surface area contributed by atoms with Crippen molar-refractivity contribution in [2.24, 2.45) is 5.73 Å². The second-order valence-corrected chi connectivity index (χ2v) is 3.95. The number of benzene rings is 1. The molecule has 102 valence electrons. The lowest BCUT2D eigenvalue weighted by molar-refractivity contribution is 0.0996. The van der Waals surface area contributed by atoms with Crippen LogP contribution in [0, 0.1) is 5.82 Å². The number of aromatic amines is 1. The summed E-state index contributed by atoms with van der Waals surface area (Å²) in [6.07, 6.45) is 1.30.